The Kier molecular flexibility index (Phi) is 4.30. The highest BCUT2D eigenvalue weighted by Crippen LogP contribution is 2.37. The molecule has 27 heavy (non-hydrogen) atoms. The van der Waals surface area contributed by atoms with E-state index in [9.17, 15) is 4.39 Å². The Morgan fingerprint density at radius 1 is 1.07 bits per heavy atom. The minimum absolute atomic E-state index is 0.277. The van der Waals surface area contributed by atoms with Gasteiger partial charge in [0.25, 0.3) is 0 Å². The van der Waals surface area contributed by atoms with Crippen LogP contribution >= 0.6 is 15.9 Å². The number of nitrogens with zero attached hydrogens (tertiary/aromatic N) is 5. The Labute approximate surface area is 164 Å². The Balaban J connectivity index is 1.35. The SMILES string of the molecule is Fc1cc(Br)c2ncnc(N3CCC(c4nc(C5CCC5)no4)CC3)c2c1. The molecule has 0 radical (unpaired) electrons. The van der Waals surface area contributed by atoms with Crippen LogP contribution in [0, 0.1) is 5.82 Å². The third kappa shape index (κ3) is 3.09. The maximum Gasteiger partial charge on any atom is 0.229 e. The lowest BCUT2D eigenvalue weighted by Crippen LogP contribution is -2.33. The van der Waals surface area contributed by atoms with Crippen molar-refractivity contribution in [1.82, 2.24) is 20.1 Å². The first kappa shape index (κ1) is 17.0. The van der Waals surface area contributed by atoms with Gasteiger partial charge in [-0.2, -0.15) is 4.98 Å². The summed E-state index contributed by atoms with van der Waals surface area (Å²) in [6.07, 6.45) is 6.96. The number of anilines is 1. The lowest BCUT2D eigenvalue weighted by Gasteiger charge is -2.31. The van der Waals surface area contributed by atoms with Crippen LogP contribution in [0.1, 0.15) is 55.7 Å². The van der Waals surface area contributed by atoms with Crippen LogP contribution < -0.4 is 4.90 Å². The van der Waals surface area contributed by atoms with Crippen LogP contribution in [0.25, 0.3) is 10.9 Å². The van der Waals surface area contributed by atoms with Crippen molar-refractivity contribution in [2.75, 3.05) is 18.0 Å². The number of piperidine rings is 1. The predicted octanol–water partition coefficient (Wildman–Crippen LogP) is 4.57. The zero-order valence-electron chi connectivity index (χ0n) is 14.7. The molecule has 1 saturated heterocycles. The zero-order valence-corrected chi connectivity index (χ0v) is 16.3. The second-order valence-corrected chi connectivity index (χ2v) is 8.22. The van der Waals surface area contributed by atoms with E-state index in [0.29, 0.717) is 10.4 Å². The Morgan fingerprint density at radius 3 is 2.63 bits per heavy atom. The van der Waals surface area contributed by atoms with E-state index in [0.717, 1.165) is 54.4 Å². The van der Waals surface area contributed by atoms with E-state index in [1.807, 2.05) is 0 Å². The molecule has 1 aliphatic carbocycles. The molecule has 3 heterocycles. The molecule has 0 bridgehead atoms. The van der Waals surface area contributed by atoms with E-state index in [2.05, 4.69) is 40.9 Å². The summed E-state index contributed by atoms with van der Waals surface area (Å²) in [5.41, 5.74) is 0.727. The van der Waals surface area contributed by atoms with Crippen molar-refractivity contribution in [3.63, 3.8) is 0 Å². The minimum atomic E-state index is -0.297. The van der Waals surface area contributed by atoms with Gasteiger partial charge < -0.3 is 9.42 Å². The lowest BCUT2D eigenvalue weighted by molar-refractivity contribution is 0.317. The number of fused-ring (bicyclic) bond motifs is 1. The Bertz CT molecular complexity index is 981. The van der Waals surface area contributed by atoms with Crippen molar-refractivity contribution >= 4 is 32.7 Å². The fourth-order valence-electron chi connectivity index (χ4n) is 3.91. The number of rotatable bonds is 3. The summed E-state index contributed by atoms with van der Waals surface area (Å²) in [7, 11) is 0. The molecule has 8 heteroatoms. The maximum absolute atomic E-state index is 13.9. The van der Waals surface area contributed by atoms with Gasteiger partial charge in [0.15, 0.2) is 5.82 Å². The van der Waals surface area contributed by atoms with Crippen LogP contribution in [0.15, 0.2) is 27.5 Å². The highest BCUT2D eigenvalue weighted by molar-refractivity contribution is 9.10. The molecule has 0 unspecified atom stereocenters. The van der Waals surface area contributed by atoms with Gasteiger partial charge in [0, 0.05) is 34.8 Å². The number of hydrogen-bond acceptors (Lipinski definition) is 6. The van der Waals surface area contributed by atoms with Gasteiger partial charge in [-0.3, -0.25) is 0 Å². The van der Waals surface area contributed by atoms with Crippen LogP contribution in [0.5, 0.6) is 0 Å². The van der Waals surface area contributed by atoms with Crippen LogP contribution in [0.3, 0.4) is 0 Å². The van der Waals surface area contributed by atoms with Crippen molar-refractivity contribution in [2.45, 2.75) is 43.9 Å². The van der Waals surface area contributed by atoms with E-state index in [1.165, 1.54) is 37.7 Å². The maximum atomic E-state index is 13.9. The van der Waals surface area contributed by atoms with Crippen molar-refractivity contribution in [1.29, 1.82) is 0 Å². The standard InChI is InChI=1S/C19H19BrFN5O/c20-15-9-13(21)8-14-16(15)22-10-23-18(14)26-6-4-12(5-7-26)19-24-17(25-27-19)11-2-1-3-11/h8-12H,1-7H2. The lowest BCUT2D eigenvalue weighted by atomic mass is 9.85. The number of halogens is 2. The van der Waals surface area contributed by atoms with Crippen molar-refractivity contribution in [2.24, 2.45) is 0 Å². The van der Waals surface area contributed by atoms with Gasteiger partial charge in [0.05, 0.1) is 5.52 Å². The fraction of sp³-hybridized carbons (Fsp3) is 0.474. The molecule has 1 aromatic carbocycles. The molecule has 2 fully saturated rings. The molecule has 0 amide bonds. The summed E-state index contributed by atoms with van der Waals surface area (Å²) in [6.45, 7) is 1.62. The average molecular weight is 432 g/mol. The molecular weight excluding hydrogens is 413 g/mol. The summed E-state index contributed by atoms with van der Waals surface area (Å²) < 4.78 is 20.1. The van der Waals surface area contributed by atoms with Gasteiger partial charge >= 0.3 is 0 Å². The molecule has 0 N–H and O–H groups in total. The Morgan fingerprint density at radius 2 is 1.89 bits per heavy atom. The summed E-state index contributed by atoms with van der Waals surface area (Å²) in [5.74, 6) is 2.88. The summed E-state index contributed by atoms with van der Waals surface area (Å²) in [4.78, 5) is 15.6. The highest BCUT2D eigenvalue weighted by Gasteiger charge is 2.30. The topological polar surface area (TPSA) is 67.9 Å². The fourth-order valence-corrected chi connectivity index (χ4v) is 4.45. The molecule has 0 spiro atoms. The molecule has 2 aromatic heterocycles. The third-order valence-electron chi connectivity index (χ3n) is 5.71. The molecule has 1 saturated carbocycles. The molecular formula is C19H19BrFN5O. The monoisotopic (exact) mass is 431 g/mol. The van der Waals surface area contributed by atoms with E-state index >= 15 is 0 Å². The smallest absolute Gasteiger partial charge is 0.229 e. The van der Waals surface area contributed by atoms with Crippen molar-refractivity contribution < 1.29 is 8.91 Å². The predicted molar refractivity (Wildman–Crippen MR) is 102 cm³/mol. The number of benzene rings is 1. The third-order valence-corrected chi connectivity index (χ3v) is 6.31. The van der Waals surface area contributed by atoms with Crippen LogP contribution in [0.2, 0.25) is 0 Å². The molecule has 5 rings (SSSR count). The largest absolute Gasteiger partial charge is 0.356 e. The van der Waals surface area contributed by atoms with Crippen LogP contribution in [-0.2, 0) is 0 Å². The van der Waals surface area contributed by atoms with E-state index < -0.39 is 0 Å². The van der Waals surface area contributed by atoms with Gasteiger partial charge in [-0.25, -0.2) is 14.4 Å². The minimum Gasteiger partial charge on any atom is -0.356 e. The van der Waals surface area contributed by atoms with Gasteiger partial charge in [0.2, 0.25) is 5.89 Å². The first-order valence-corrected chi connectivity index (χ1v) is 10.2. The van der Waals surface area contributed by atoms with Crippen molar-refractivity contribution in [3.8, 4) is 0 Å². The first-order chi connectivity index (χ1) is 13.2. The normalized spacial score (nSPS) is 18.8. The first-order valence-electron chi connectivity index (χ1n) is 9.37. The van der Waals surface area contributed by atoms with E-state index in [4.69, 9.17) is 4.52 Å². The summed E-state index contributed by atoms with van der Waals surface area (Å²) >= 11 is 3.39. The van der Waals surface area contributed by atoms with E-state index in [-0.39, 0.29) is 11.7 Å². The number of hydrogen-bond donors (Lipinski definition) is 0. The molecule has 1 aliphatic heterocycles. The average Bonchev–Trinajstić information content (AvgIpc) is 3.09. The van der Waals surface area contributed by atoms with Gasteiger partial charge in [0.1, 0.15) is 18.0 Å². The molecule has 3 aromatic rings. The van der Waals surface area contributed by atoms with Gasteiger partial charge in [-0.15, -0.1) is 0 Å². The zero-order chi connectivity index (χ0) is 18.4. The molecule has 0 atom stereocenters. The van der Waals surface area contributed by atoms with Crippen molar-refractivity contribution in [3.05, 3.63) is 40.5 Å². The quantitative estimate of drug-likeness (QED) is 0.604. The number of aromatic nitrogens is 4. The van der Waals surface area contributed by atoms with Crippen LogP contribution in [0.4, 0.5) is 10.2 Å². The van der Waals surface area contributed by atoms with Gasteiger partial charge in [-0.1, -0.05) is 11.6 Å². The summed E-state index contributed by atoms with van der Waals surface area (Å²) in [6, 6.07) is 2.94. The van der Waals surface area contributed by atoms with Gasteiger partial charge in [-0.05, 0) is 53.7 Å². The molecule has 140 valence electrons. The highest BCUT2D eigenvalue weighted by atomic mass is 79.9. The van der Waals surface area contributed by atoms with E-state index in [1.54, 1.807) is 0 Å². The second-order valence-electron chi connectivity index (χ2n) is 7.36. The second kappa shape index (κ2) is 6.82. The molecule has 2 aliphatic rings. The Hall–Kier alpha value is -2.09. The van der Waals surface area contributed by atoms with Crippen LogP contribution in [-0.4, -0.2) is 33.2 Å². The summed E-state index contributed by atoms with van der Waals surface area (Å²) in [5, 5.41) is 4.91. The molecule has 6 nitrogen and oxygen atoms in total.